The maximum absolute atomic E-state index is 12.5. The van der Waals surface area contributed by atoms with Crippen molar-refractivity contribution in [1.82, 2.24) is 9.80 Å². The molecule has 6 nitrogen and oxygen atoms in total. The van der Waals surface area contributed by atoms with Crippen molar-refractivity contribution >= 4 is 23.4 Å². The van der Waals surface area contributed by atoms with Gasteiger partial charge in [-0.15, -0.1) is 0 Å². The SMILES string of the molecule is COCCC(=O)N1CCN(C(=O)C(C)Oc2ccc(Cl)cc2)CC1. The van der Waals surface area contributed by atoms with E-state index in [2.05, 4.69) is 0 Å². The minimum atomic E-state index is -0.582. The molecule has 0 saturated carbocycles. The van der Waals surface area contributed by atoms with Crippen molar-refractivity contribution in [2.24, 2.45) is 0 Å². The van der Waals surface area contributed by atoms with Crippen molar-refractivity contribution in [3.63, 3.8) is 0 Å². The third kappa shape index (κ3) is 5.11. The Balaban J connectivity index is 1.81. The molecule has 2 amide bonds. The van der Waals surface area contributed by atoms with Crippen LogP contribution in [0.2, 0.25) is 5.02 Å². The summed E-state index contributed by atoms with van der Waals surface area (Å²) in [5, 5.41) is 0.621. The predicted molar refractivity (Wildman–Crippen MR) is 91.2 cm³/mol. The highest BCUT2D eigenvalue weighted by Gasteiger charge is 2.27. The lowest BCUT2D eigenvalue weighted by molar-refractivity contribution is -0.144. The Morgan fingerprint density at radius 3 is 2.29 bits per heavy atom. The molecule has 1 saturated heterocycles. The number of carbonyl (C=O) groups is 2. The van der Waals surface area contributed by atoms with Gasteiger partial charge >= 0.3 is 0 Å². The predicted octanol–water partition coefficient (Wildman–Crippen LogP) is 1.81. The van der Waals surface area contributed by atoms with Gasteiger partial charge in [0.1, 0.15) is 5.75 Å². The van der Waals surface area contributed by atoms with Crippen LogP contribution < -0.4 is 4.74 Å². The third-order valence-electron chi connectivity index (χ3n) is 3.94. The van der Waals surface area contributed by atoms with E-state index in [1.165, 1.54) is 0 Å². The van der Waals surface area contributed by atoms with E-state index in [4.69, 9.17) is 21.1 Å². The van der Waals surface area contributed by atoms with Gasteiger partial charge in [0.15, 0.2) is 6.10 Å². The van der Waals surface area contributed by atoms with Gasteiger partial charge in [0.05, 0.1) is 13.0 Å². The van der Waals surface area contributed by atoms with Gasteiger partial charge in [0.2, 0.25) is 5.91 Å². The molecule has 0 radical (unpaired) electrons. The average molecular weight is 355 g/mol. The van der Waals surface area contributed by atoms with Crippen LogP contribution in [0, 0.1) is 0 Å². The first-order valence-electron chi connectivity index (χ1n) is 7.99. The molecule has 24 heavy (non-hydrogen) atoms. The molecule has 0 N–H and O–H groups in total. The monoisotopic (exact) mass is 354 g/mol. The summed E-state index contributed by atoms with van der Waals surface area (Å²) in [7, 11) is 1.58. The van der Waals surface area contributed by atoms with E-state index >= 15 is 0 Å². The van der Waals surface area contributed by atoms with Crippen LogP contribution in [0.1, 0.15) is 13.3 Å². The molecular formula is C17H23ClN2O4. The molecule has 7 heteroatoms. The molecule has 1 unspecified atom stereocenters. The third-order valence-corrected chi connectivity index (χ3v) is 4.19. The minimum absolute atomic E-state index is 0.0643. The molecule has 0 spiro atoms. The number of rotatable bonds is 6. The first-order valence-corrected chi connectivity index (χ1v) is 8.37. The molecule has 1 aromatic carbocycles. The Labute approximate surface area is 147 Å². The van der Waals surface area contributed by atoms with E-state index in [1.807, 2.05) is 0 Å². The fraction of sp³-hybridized carbons (Fsp3) is 0.529. The zero-order chi connectivity index (χ0) is 17.5. The second-order valence-corrected chi connectivity index (χ2v) is 6.10. The van der Waals surface area contributed by atoms with Crippen LogP contribution in [0.15, 0.2) is 24.3 Å². The van der Waals surface area contributed by atoms with Crippen molar-refractivity contribution < 1.29 is 19.1 Å². The Bertz CT molecular complexity index is 556. The van der Waals surface area contributed by atoms with Crippen molar-refractivity contribution in [3.05, 3.63) is 29.3 Å². The van der Waals surface area contributed by atoms with Crippen molar-refractivity contribution in [2.75, 3.05) is 39.9 Å². The topological polar surface area (TPSA) is 59.1 Å². The van der Waals surface area contributed by atoms with E-state index in [-0.39, 0.29) is 11.8 Å². The van der Waals surface area contributed by atoms with E-state index in [0.29, 0.717) is 50.0 Å². The van der Waals surface area contributed by atoms with Gasteiger partial charge in [-0.25, -0.2) is 0 Å². The molecule has 1 aliphatic heterocycles. The number of halogens is 1. The summed E-state index contributed by atoms with van der Waals surface area (Å²) >= 11 is 5.83. The number of methoxy groups -OCH3 is 1. The lowest BCUT2D eigenvalue weighted by Gasteiger charge is -2.36. The van der Waals surface area contributed by atoms with Crippen LogP contribution in [-0.2, 0) is 14.3 Å². The molecule has 0 aliphatic carbocycles. The summed E-state index contributed by atoms with van der Waals surface area (Å²) in [6.07, 6.45) is -0.206. The van der Waals surface area contributed by atoms with Crippen LogP contribution >= 0.6 is 11.6 Å². The molecule has 0 aromatic heterocycles. The maximum atomic E-state index is 12.5. The highest BCUT2D eigenvalue weighted by atomic mass is 35.5. The van der Waals surface area contributed by atoms with E-state index in [9.17, 15) is 9.59 Å². The number of piperazine rings is 1. The standard InChI is InChI=1S/C17H23ClN2O4/c1-13(24-15-5-3-14(18)4-6-15)17(22)20-10-8-19(9-11-20)16(21)7-12-23-2/h3-6,13H,7-12H2,1-2H3. The van der Waals surface area contributed by atoms with Crippen LogP contribution in [-0.4, -0.2) is 67.6 Å². The number of nitrogens with zero attached hydrogens (tertiary/aromatic N) is 2. The molecule has 132 valence electrons. The second kappa shape index (κ2) is 8.89. The maximum Gasteiger partial charge on any atom is 0.263 e. The first kappa shape index (κ1) is 18.5. The summed E-state index contributed by atoms with van der Waals surface area (Å²) in [5.41, 5.74) is 0. The Kier molecular flexibility index (Phi) is 6.87. The van der Waals surface area contributed by atoms with Gasteiger partial charge < -0.3 is 19.3 Å². The molecule has 1 atom stereocenters. The summed E-state index contributed by atoms with van der Waals surface area (Å²) in [5.74, 6) is 0.594. The van der Waals surface area contributed by atoms with E-state index in [0.717, 1.165) is 0 Å². The fourth-order valence-corrected chi connectivity index (χ4v) is 2.67. The minimum Gasteiger partial charge on any atom is -0.481 e. The summed E-state index contributed by atoms with van der Waals surface area (Å²) in [4.78, 5) is 27.9. The Morgan fingerprint density at radius 2 is 1.71 bits per heavy atom. The highest BCUT2D eigenvalue weighted by molar-refractivity contribution is 6.30. The zero-order valence-electron chi connectivity index (χ0n) is 14.0. The Hall–Kier alpha value is -1.79. The summed E-state index contributed by atoms with van der Waals surface area (Å²) in [6.45, 7) is 4.28. The quantitative estimate of drug-likeness (QED) is 0.781. The fourth-order valence-electron chi connectivity index (χ4n) is 2.55. The normalized spacial score (nSPS) is 16.0. The first-order chi connectivity index (χ1) is 11.5. The molecule has 1 aliphatic rings. The number of benzene rings is 1. The van der Waals surface area contributed by atoms with Gasteiger partial charge in [-0.3, -0.25) is 9.59 Å². The molecule has 0 bridgehead atoms. The number of hydrogen-bond acceptors (Lipinski definition) is 4. The van der Waals surface area contributed by atoms with Gasteiger partial charge in [-0.05, 0) is 31.2 Å². The molecule has 1 aromatic rings. The van der Waals surface area contributed by atoms with Crippen molar-refractivity contribution in [2.45, 2.75) is 19.4 Å². The molecule has 1 fully saturated rings. The van der Waals surface area contributed by atoms with Crippen LogP contribution in [0.3, 0.4) is 0 Å². The van der Waals surface area contributed by atoms with Gasteiger partial charge in [0.25, 0.3) is 5.91 Å². The summed E-state index contributed by atoms with van der Waals surface area (Å²) in [6, 6.07) is 6.91. The zero-order valence-corrected chi connectivity index (χ0v) is 14.8. The van der Waals surface area contributed by atoms with Crippen LogP contribution in [0.4, 0.5) is 0 Å². The molecule has 2 rings (SSSR count). The van der Waals surface area contributed by atoms with Gasteiger partial charge in [-0.2, -0.15) is 0 Å². The lowest BCUT2D eigenvalue weighted by Crippen LogP contribution is -2.53. The van der Waals surface area contributed by atoms with E-state index in [1.54, 1.807) is 48.1 Å². The largest absolute Gasteiger partial charge is 0.481 e. The molecule has 1 heterocycles. The average Bonchev–Trinajstić information content (AvgIpc) is 2.61. The number of carbonyl (C=O) groups excluding carboxylic acids is 2. The van der Waals surface area contributed by atoms with Crippen molar-refractivity contribution in [1.29, 1.82) is 0 Å². The van der Waals surface area contributed by atoms with Crippen LogP contribution in [0.25, 0.3) is 0 Å². The van der Waals surface area contributed by atoms with E-state index < -0.39 is 6.10 Å². The van der Waals surface area contributed by atoms with Gasteiger partial charge in [0, 0.05) is 38.3 Å². The summed E-state index contributed by atoms with van der Waals surface area (Å²) < 4.78 is 10.6. The van der Waals surface area contributed by atoms with Crippen molar-refractivity contribution in [3.8, 4) is 5.75 Å². The van der Waals surface area contributed by atoms with Gasteiger partial charge in [-0.1, -0.05) is 11.6 Å². The second-order valence-electron chi connectivity index (χ2n) is 5.66. The molecular weight excluding hydrogens is 332 g/mol. The number of hydrogen-bond donors (Lipinski definition) is 0. The lowest BCUT2D eigenvalue weighted by atomic mass is 10.2. The number of ether oxygens (including phenoxy) is 2. The highest BCUT2D eigenvalue weighted by Crippen LogP contribution is 2.17. The Morgan fingerprint density at radius 1 is 1.12 bits per heavy atom. The smallest absolute Gasteiger partial charge is 0.263 e. The van der Waals surface area contributed by atoms with Crippen LogP contribution in [0.5, 0.6) is 5.75 Å². The number of amides is 2.